The Balaban J connectivity index is 2.92. The molecule has 1 unspecified atom stereocenters. The Labute approximate surface area is 104 Å². The normalized spacial score (nSPS) is 24.6. The molecule has 0 saturated carbocycles. The quantitative estimate of drug-likeness (QED) is 0.787. The number of hydrogen-bond acceptors (Lipinski definition) is 3. The summed E-state index contributed by atoms with van der Waals surface area (Å²) in [6, 6.07) is 0. The Kier molecular flexibility index (Phi) is 4.20. The van der Waals surface area contributed by atoms with Crippen LogP contribution in [-0.4, -0.2) is 46.3 Å². The van der Waals surface area contributed by atoms with Crippen molar-refractivity contribution in [3.63, 3.8) is 0 Å². The van der Waals surface area contributed by atoms with Crippen molar-refractivity contribution in [2.24, 2.45) is 11.3 Å². The van der Waals surface area contributed by atoms with Crippen LogP contribution < -0.4 is 0 Å². The van der Waals surface area contributed by atoms with E-state index in [1.165, 1.54) is 0 Å². The number of hydrogen-bond donors (Lipinski definition) is 2. The third kappa shape index (κ3) is 2.33. The molecule has 1 heterocycles. The smallest absolute Gasteiger partial charge is 0.312 e. The van der Waals surface area contributed by atoms with Crippen molar-refractivity contribution in [1.82, 2.24) is 4.90 Å². The molecule has 1 fully saturated rings. The number of aliphatic hydroxyl groups is 1. The first kappa shape index (κ1) is 14.5. The van der Waals surface area contributed by atoms with Crippen LogP contribution in [0.4, 0.5) is 0 Å². The average molecular weight is 243 g/mol. The van der Waals surface area contributed by atoms with Crippen LogP contribution in [0.1, 0.15) is 40.5 Å². The van der Waals surface area contributed by atoms with Gasteiger partial charge in [-0.15, -0.1) is 0 Å². The Hall–Kier alpha value is -0.610. The van der Waals surface area contributed by atoms with E-state index in [4.69, 9.17) is 0 Å². The van der Waals surface area contributed by atoms with E-state index in [1.54, 1.807) is 6.92 Å². The molecule has 1 rings (SSSR count). The molecule has 0 spiro atoms. The summed E-state index contributed by atoms with van der Waals surface area (Å²) in [6.45, 7) is 10.0. The van der Waals surface area contributed by atoms with Gasteiger partial charge >= 0.3 is 5.97 Å². The number of carbonyl (C=O) groups is 1. The third-order valence-electron chi connectivity index (χ3n) is 4.70. The second-order valence-corrected chi connectivity index (χ2v) is 5.63. The van der Waals surface area contributed by atoms with Crippen LogP contribution in [0.15, 0.2) is 0 Å². The number of aliphatic carboxylic acids is 1. The van der Waals surface area contributed by atoms with Crippen molar-refractivity contribution in [2.45, 2.75) is 46.1 Å². The number of rotatable bonds is 4. The van der Waals surface area contributed by atoms with Gasteiger partial charge in [0, 0.05) is 13.1 Å². The first-order chi connectivity index (χ1) is 7.78. The van der Waals surface area contributed by atoms with Gasteiger partial charge in [0.1, 0.15) is 0 Å². The molecule has 4 heteroatoms. The van der Waals surface area contributed by atoms with Crippen LogP contribution in [0, 0.1) is 11.3 Å². The lowest BCUT2D eigenvalue weighted by molar-refractivity contribution is -0.182. The molecule has 4 nitrogen and oxygen atoms in total. The first-order valence-corrected chi connectivity index (χ1v) is 6.46. The highest BCUT2D eigenvalue weighted by atomic mass is 16.4. The van der Waals surface area contributed by atoms with Crippen LogP contribution in [0.3, 0.4) is 0 Å². The van der Waals surface area contributed by atoms with Crippen molar-refractivity contribution in [1.29, 1.82) is 0 Å². The Morgan fingerprint density at radius 1 is 1.41 bits per heavy atom. The van der Waals surface area contributed by atoms with Gasteiger partial charge in [-0.1, -0.05) is 20.8 Å². The van der Waals surface area contributed by atoms with Crippen molar-refractivity contribution in [3.8, 4) is 0 Å². The highest BCUT2D eigenvalue weighted by Crippen LogP contribution is 2.44. The zero-order valence-electron chi connectivity index (χ0n) is 11.4. The number of piperidine rings is 1. The fraction of sp³-hybridized carbons (Fsp3) is 0.923. The minimum atomic E-state index is -1.08. The van der Waals surface area contributed by atoms with E-state index < -0.39 is 17.0 Å². The summed E-state index contributed by atoms with van der Waals surface area (Å²) in [7, 11) is 0. The summed E-state index contributed by atoms with van der Waals surface area (Å²) in [4.78, 5) is 13.8. The monoisotopic (exact) mass is 243 g/mol. The summed E-state index contributed by atoms with van der Waals surface area (Å²) in [5, 5.41) is 20.2. The number of nitrogens with zero attached hydrogens (tertiary/aromatic N) is 1. The van der Waals surface area contributed by atoms with Crippen LogP contribution in [0.2, 0.25) is 0 Å². The molecule has 0 aromatic heterocycles. The van der Waals surface area contributed by atoms with Gasteiger partial charge in [-0.3, -0.25) is 4.79 Å². The van der Waals surface area contributed by atoms with E-state index in [0.29, 0.717) is 12.8 Å². The molecule has 0 amide bonds. The molecule has 1 atom stereocenters. The molecule has 17 heavy (non-hydrogen) atoms. The Bertz CT molecular complexity index is 282. The molecule has 0 radical (unpaired) electrons. The maximum atomic E-state index is 11.5. The number of likely N-dealkylation sites (tertiary alicyclic amines) is 1. The van der Waals surface area contributed by atoms with Gasteiger partial charge in [0.05, 0.1) is 11.0 Å². The topological polar surface area (TPSA) is 60.8 Å². The van der Waals surface area contributed by atoms with E-state index in [1.807, 2.05) is 13.8 Å². The van der Waals surface area contributed by atoms with E-state index in [0.717, 1.165) is 19.6 Å². The summed E-state index contributed by atoms with van der Waals surface area (Å²) < 4.78 is 0. The summed E-state index contributed by atoms with van der Waals surface area (Å²) in [5.41, 5.74) is -2.15. The first-order valence-electron chi connectivity index (χ1n) is 6.46. The molecular weight excluding hydrogens is 218 g/mol. The van der Waals surface area contributed by atoms with Gasteiger partial charge in [0.2, 0.25) is 0 Å². The molecule has 0 aliphatic carbocycles. The van der Waals surface area contributed by atoms with Gasteiger partial charge in [-0.25, -0.2) is 0 Å². The summed E-state index contributed by atoms with van der Waals surface area (Å²) in [6.07, 6.45) is 1.09. The predicted octanol–water partition coefficient (Wildman–Crippen LogP) is 1.58. The maximum Gasteiger partial charge on any atom is 0.312 e. The van der Waals surface area contributed by atoms with Crippen molar-refractivity contribution < 1.29 is 15.0 Å². The van der Waals surface area contributed by atoms with Gasteiger partial charge < -0.3 is 15.1 Å². The van der Waals surface area contributed by atoms with Gasteiger partial charge in [0.15, 0.2) is 0 Å². The Morgan fingerprint density at radius 3 is 2.18 bits per heavy atom. The second-order valence-electron chi connectivity index (χ2n) is 5.63. The maximum absolute atomic E-state index is 11.5. The fourth-order valence-electron chi connectivity index (χ4n) is 2.74. The molecule has 2 N–H and O–H groups in total. The number of carboxylic acids is 1. The molecular formula is C13H25NO3. The third-order valence-corrected chi connectivity index (χ3v) is 4.70. The van der Waals surface area contributed by atoms with Crippen molar-refractivity contribution >= 4 is 5.97 Å². The highest BCUT2D eigenvalue weighted by Gasteiger charge is 2.55. The molecule has 1 aliphatic heterocycles. The van der Waals surface area contributed by atoms with Crippen LogP contribution in [-0.2, 0) is 4.79 Å². The number of carboxylic acid groups (broad SMARTS) is 1. The molecule has 0 aromatic rings. The van der Waals surface area contributed by atoms with E-state index in [9.17, 15) is 15.0 Å². The fourth-order valence-corrected chi connectivity index (χ4v) is 2.74. The van der Waals surface area contributed by atoms with E-state index in [-0.39, 0.29) is 5.92 Å². The van der Waals surface area contributed by atoms with Crippen molar-refractivity contribution in [3.05, 3.63) is 0 Å². The lowest BCUT2D eigenvalue weighted by Gasteiger charge is -2.49. The van der Waals surface area contributed by atoms with Crippen LogP contribution >= 0.6 is 0 Å². The second kappa shape index (κ2) is 4.94. The zero-order chi connectivity index (χ0) is 13.3. The van der Waals surface area contributed by atoms with Gasteiger partial charge in [-0.2, -0.15) is 0 Å². The minimum Gasteiger partial charge on any atom is -0.481 e. The van der Waals surface area contributed by atoms with Crippen LogP contribution in [0.25, 0.3) is 0 Å². The summed E-state index contributed by atoms with van der Waals surface area (Å²) in [5.74, 6) is -0.974. The lowest BCUT2D eigenvalue weighted by atomic mass is 9.62. The molecule has 1 aliphatic rings. The largest absolute Gasteiger partial charge is 0.481 e. The lowest BCUT2D eigenvalue weighted by Crippen LogP contribution is -2.59. The van der Waals surface area contributed by atoms with E-state index in [2.05, 4.69) is 11.8 Å². The van der Waals surface area contributed by atoms with E-state index >= 15 is 0 Å². The standard InChI is InChI=1S/C13H25NO3/c1-5-14-8-6-13(17,7-9-14)12(4,10(2)3)11(15)16/h10,17H,5-9H2,1-4H3,(H,15,16). The molecule has 0 aromatic carbocycles. The minimum absolute atomic E-state index is 0.0850. The van der Waals surface area contributed by atoms with Crippen molar-refractivity contribution in [2.75, 3.05) is 19.6 Å². The molecule has 100 valence electrons. The van der Waals surface area contributed by atoms with Gasteiger partial charge in [0.25, 0.3) is 0 Å². The molecule has 1 saturated heterocycles. The zero-order valence-corrected chi connectivity index (χ0v) is 11.4. The summed E-state index contributed by atoms with van der Waals surface area (Å²) >= 11 is 0. The highest BCUT2D eigenvalue weighted by molar-refractivity contribution is 5.76. The SMILES string of the molecule is CCN1CCC(O)(C(C)(C(=O)O)C(C)C)CC1. The predicted molar refractivity (Wildman–Crippen MR) is 66.9 cm³/mol. The van der Waals surface area contributed by atoms with Crippen LogP contribution in [0.5, 0.6) is 0 Å². The molecule has 0 bridgehead atoms. The average Bonchev–Trinajstić information content (AvgIpc) is 2.28. The van der Waals surface area contributed by atoms with Gasteiger partial charge in [-0.05, 0) is 32.2 Å². The Morgan fingerprint density at radius 2 is 1.88 bits per heavy atom.